The van der Waals surface area contributed by atoms with E-state index in [0.717, 1.165) is 18.2 Å². The van der Waals surface area contributed by atoms with Gasteiger partial charge >= 0.3 is 5.88 Å². The second-order valence-electron chi connectivity index (χ2n) is 5.85. The second-order valence-corrected chi connectivity index (χ2v) is 5.85. The lowest BCUT2D eigenvalue weighted by molar-refractivity contribution is -0.692. The quantitative estimate of drug-likeness (QED) is 0.656. The highest BCUT2D eigenvalue weighted by Crippen LogP contribution is 2.21. The summed E-state index contributed by atoms with van der Waals surface area (Å²) >= 11 is 0. The molecule has 0 fully saturated rings. The van der Waals surface area contributed by atoms with Gasteiger partial charge in [0.15, 0.2) is 12.7 Å². The van der Waals surface area contributed by atoms with Gasteiger partial charge in [-0.25, -0.2) is 4.98 Å². The fourth-order valence-corrected chi connectivity index (χ4v) is 2.41. The zero-order valence-electron chi connectivity index (χ0n) is 13.5. The predicted molar refractivity (Wildman–Crippen MR) is 90.6 cm³/mol. The number of rotatable bonds is 5. The van der Waals surface area contributed by atoms with Crippen molar-refractivity contribution in [3.05, 3.63) is 84.3 Å². The molecule has 0 saturated carbocycles. The molecule has 0 radical (unpaired) electrons. The monoisotopic (exact) mass is 305 g/mol. The van der Waals surface area contributed by atoms with Crippen molar-refractivity contribution in [2.24, 2.45) is 0 Å². The molecule has 1 heterocycles. The summed E-state index contributed by atoms with van der Waals surface area (Å²) in [7, 11) is 0. The third-order valence-electron chi connectivity index (χ3n) is 3.77. The van der Waals surface area contributed by atoms with Crippen molar-refractivity contribution in [2.75, 3.05) is 0 Å². The van der Waals surface area contributed by atoms with Crippen LogP contribution in [-0.4, -0.2) is 4.98 Å². The summed E-state index contributed by atoms with van der Waals surface area (Å²) in [6.07, 6.45) is 5.46. The van der Waals surface area contributed by atoms with E-state index in [1.807, 2.05) is 36.5 Å². The van der Waals surface area contributed by atoms with Crippen molar-refractivity contribution in [3.8, 4) is 11.6 Å². The van der Waals surface area contributed by atoms with Gasteiger partial charge in [0, 0.05) is 5.56 Å². The topological polar surface area (TPSA) is 26.0 Å². The van der Waals surface area contributed by atoms with Crippen molar-refractivity contribution in [3.63, 3.8) is 0 Å². The van der Waals surface area contributed by atoms with Gasteiger partial charge in [-0.15, -0.1) is 0 Å². The Morgan fingerprint density at radius 2 is 1.74 bits per heavy atom. The molecular formula is C20H21N2O+. The number of hydrogen-bond acceptors (Lipinski definition) is 2. The SMILES string of the molecule is CC(C)c1ccc(Oc2cncc[n+]2Cc2ccccc2)cc1. The molecule has 0 aliphatic rings. The molecule has 0 amide bonds. The van der Waals surface area contributed by atoms with Crippen molar-refractivity contribution in [1.29, 1.82) is 0 Å². The highest BCUT2D eigenvalue weighted by atomic mass is 16.5. The first-order chi connectivity index (χ1) is 11.2. The molecule has 1 aromatic heterocycles. The standard InChI is InChI=1S/C20H21N2O/c1-16(2)18-8-10-19(11-9-18)23-20-14-21-12-13-22(20)15-17-6-4-3-5-7-17/h3-14,16H,15H2,1-2H3/q+1. The van der Waals surface area contributed by atoms with Crippen LogP contribution in [0.1, 0.15) is 30.9 Å². The Balaban J connectivity index is 1.80. The average Bonchev–Trinajstić information content (AvgIpc) is 2.58. The number of benzene rings is 2. The van der Waals surface area contributed by atoms with Crippen LogP contribution < -0.4 is 9.30 Å². The van der Waals surface area contributed by atoms with Crippen LogP contribution in [0.5, 0.6) is 11.6 Å². The number of ether oxygens (including phenoxy) is 1. The van der Waals surface area contributed by atoms with Gasteiger partial charge in [-0.05, 0) is 23.6 Å². The van der Waals surface area contributed by atoms with Gasteiger partial charge in [0.05, 0.1) is 6.20 Å². The minimum Gasteiger partial charge on any atom is -0.404 e. The first-order valence-electron chi connectivity index (χ1n) is 7.87. The summed E-state index contributed by atoms with van der Waals surface area (Å²) in [5.74, 6) is 2.07. The van der Waals surface area contributed by atoms with Crippen LogP contribution in [0.2, 0.25) is 0 Å². The average molecular weight is 305 g/mol. The van der Waals surface area contributed by atoms with E-state index >= 15 is 0 Å². The van der Waals surface area contributed by atoms with Crippen LogP contribution in [0.4, 0.5) is 0 Å². The molecule has 3 aromatic rings. The Hall–Kier alpha value is -2.68. The van der Waals surface area contributed by atoms with Crippen LogP contribution in [0.15, 0.2) is 73.2 Å². The predicted octanol–water partition coefficient (Wildman–Crippen LogP) is 4.33. The van der Waals surface area contributed by atoms with E-state index in [9.17, 15) is 0 Å². The summed E-state index contributed by atoms with van der Waals surface area (Å²) in [6.45, 7) is 5.12. The molecule has 3 nitrogen and oxygen atoms in total. The largest absolute Gasteiger partial charge is 0.404 e. The second kappa shape index (κ2) is 7.05. The molecule has 0 N–H and O–H groups in total. The number of nitrogens with zero attached hydrogens (tertiary/aromatic N) is 2. The van der Waals surface area contributed by atoms with Gasteiger partial charge in [-0.3, -0.25) is 0 Å². The molecule has 0 saturated heterocycles. The molecule has 0 aliphatic heterocycles. The van der Waals surface area contributed by atoms with Gasteiger partial charge in [-0.1, -0.05) is 56.3 Å². The normalized spacial score (nSPS) is 10.7. The van der Waals surface area contributed by atoms with Gasteiger partial charge in [0.2, 0.25) is 0 Å². The third-order valence-corrected chi connectivity index (χ3v) is 3.77. The van der Waals surface area contributed by atoms with Crippen molar-refractivity contribution < 1.29 is 9.30 Å². The molecule has 0 bridgehead atoms. The van der Waals surface area contributed by atoms with E-state index in [1.54, 1.807) is 12.4 Å². The summed E-state index contributed by atoms with van der Waals surface area (Å²) in [5, 5.41) is 0. The van der Waals surface area contributed by atoms with Gasteiger partial charge in [-0.2, -0.15) is 4.57 Å². The molecule has 0 unspecified atom stereocenters. The van der Waals surface area contributed by atoms with Crippen LogP contribution in [-0.2, 0) is 6.54 Å². The molecule has 0 aliphatic carbocycles. The van der Waals surface area contributed by atoms with E-state index in [4.69, 9.17) is 4.74 Å². The van der Waals surface area contributed by atoms with Crippen LogP contribution in [0.25, 0.3) is 0 Å². The molecule has 2 aromatic carbocycles. The molecule has 116 valence electrons. The highest BCUT2D eigenvalue weighted by Gasteiger charge is 2.13. The zero-order valence-corrected chi connectivity index (χ0v) is 13.5. The maximum absolute atomic E-state index is 6.02. The molecule has 0 atom stereocenters. The fraction of sp³-hybridized carbons (Fsp3) is 0.200. The highest BCUT2D eigenvalue weighted by molar-refractivity contribution is 5.30. The van der Waals surface area contributed by atoms with Crippen LogP contribution in [0, 0.1) is 0 Å². The van der Waals surface area contributed by atoms with E-state index in [1.165, 1.54) is 11.1 Å². The van der Waals surface area contributed by atoms with Crippen molar-refractivity contribution in [1.82, 2.24) is 4.98 Å². The Labute approximate surface area is 137 Å². The van der Waals surface area contributed by atoms with Crippen LogP contribution in [0.3, 0.4) is 0 Å². The zero-order chi connectivity index (χ0) is 16.1. The fourth-order valence-electron chi connectivity index (χ4n) is 2.41. The Morgan fingerprint density at radius 3 is 2.43 bits per heavy atom. The van der Waals surface area contributed by atoms with Gasteiger partial charge in [0.1, 0.15) is 11.9 Å². The Kier molecular flexibility index (Phi) is 4.67. The number of aromatic nitrogens is 2. The maximum atomic E-state index is 6.02. The molecule has 0 spiro atoms. The smallest absolute Gasteiger partial charge is 0.392 e. The maximum Gasteiger partial charge on any atom is 0.392 e. The van der Waals surface area contributed by atoms with E-state index in [0.29, 0.717) is 5.92 Å². The van der Waals surface area contributed by atoms with Crippen LogP contribution >= 0.6 is 0 Å². The van der Waals surface area contributed by atoms with Crippen molar-refractivity contribution >= 4 is 0 Å². The molecule has 3 rings (SSSR count). The Morgan fingerprint density at radius 1 is 1.00 bits per heavy atom. The number of hydrogen-bond donors (Lipinski definition) is 0. The minimum absolute atomic E-state index is 0.519. The molecule has 3 heteroatoms. The molecule has 23 heavy (non-hydrogen) atoms. The summed E-state index contributed by atoms with van der Waals surface area (Å²) < 4.78 is 8.07. The summed E-state index contributed by atoms with van der Waals surface area (Å²) in [5.41, 5.74) is 2.53. The minimum atomic E-state index is 0.519. The van der Waals surface area contributed by atoms with E-state index in [-0.39, 0.29) is 0 Å². The van der Waals surface area contributed by atoms with E-state index in [2.05, 4.69) is 47.7 Å². The lowest BCUT2D eigenvalue weighted by Crippen LogP contribution is -2.35. The summed E-state index contributed by atoms with van der Waals surface area (Å²) in [6, 6.07) is 18.6. The summed E-state index contributed by atoms with van der Waals surface area (Å²) in [4.78, 5) is 4.18. The Bertz CT molecular complexity index is 752. The van der Waals surface area contributed by atoms with Crippen molar-refractivity contribution in [2.45, 2.75) is 26.3 Å². The first kappa shape index (κ1) is 15.2. The molecular weight excluding hydrogens is 284 g/mol. The third kappa shape index (κ3) is 3.95. The van der Waals surface area contributed by atoms with Gasteiger partial charge in [0.25, 0.3) is 0 Å². The lowest BCUT2D eigenvalue weighted by atomic mass is 10.0. The van der Waals surface area contributed by atoms with Gasteiger partial charge < -0.3 is 4.74 Å². The lowest BCUT2D eigenvalue weighted by Gasteiger charge is -2.08. The first-order valence-corrected chi connectivity index (χ1v) is 7.87. The van der Waals surface area contributed by atoms with E-state index < -0.39 is 0 Å².